The number of rotatable bonds is 2. The Hall–Kier alpha value is -1.12. The summed E-state index contributed by atoms with van der Waals surface area (Å²) in [5.41, 5.74) is -0.0696. The van der Waals surface area contributed by atoms with Gasteiger partial charge in [0.1, 0.15) is 11.4 Å². The van der Waals surface area contributed by atoms with Crippen LogP contribution in [-0.2, 0) is 14.3 Å². The highest BCUT2D eigenvalue weighted by Gasteiger charge is 2.52. The van der Waals surface area contributed by atoms with Gasteiger partial charge in [-0.3, -0.25) is 4.79 Å². The van der Waals surface area contributed by atoms with Crippen LogP contribution in [0.15, 0.2) is 12.2 Å². The molecule has 0 aromatic heterocycles. The molecule has 0 aromatic carbocycles. The summed E-state index contributed by atoms with van der Waals surface area (Å²) in [6.07, 6.45) is 2.85. The lowest BCUT2D eigenvalue weighted by atomic mass is 9.96. The zero-order valence-electron chi connectivity index (χ0n) is 8.34. The third kappa shape index (κ3) is 1.37. The second-order valence-electron chi connectivity index (χ2n) is 4.44. The number of ether oxygens (including phenoxy) is 1. The molecule has 3 heteroatoms. The van der Waals surface area contributed by atoms with E-state index in [1.165, 1.54) is 0 Å². The zero-order chi connectivity index (χ0) is 10.3. The van der Waals surface area contributed by atoms with Crippen molar-refractivity contribution in [1.82, 2.24) is 0 Å². The first-order chi connectivity index (χ1) is 6.52. The average molecular weight is 194 g/mol. The molecule has 2 rings (SSSR count). The lowest BCUT2D eigenvalue weighted by Gasteiger charge is -2.25. The van der Waals surface area contributed by atoms with Crippen LogP contribution in [0.2, 0.25) is 0 Å². The minimum absolute atomic E-state index is 0.146. The minimum Gasteiger partial charge on any atom is -0.455 e. The van der Waals surface area contributed by atoms with Gasteiger partial charge in [-0.2, -0.15) is 0 Å². The quantitative estimate of drug-likeness (QED) is 0.495. The Morgan fingerprint density at radius 3 is 2.79 bits per heavy atom. The SMILES string of the molecule is C=C(C)C(=O)OC12CCC(C1)C(=O)C2. The summed E-state index contributed by atoms with van der Waals surface area (Å²) in [6, 6.07) is 0. The molecule has 0 N–H and O–H groups in total. The van der Waals surface area contributed by atoms with E-state index < -0.39 is 5.60 Å². The molecule has 0 aliphatic heterocycles. The van der Waals surface area contributed by atoms with Crippen LogP contribution in [0.1, 0.15) is 32.6 Å². The average Bonchev–Trinajstić information content (AvgIpc) is 2.60. The number of ketones is 1. The van der Waals surface area contributed by atoms with Crippen molar-refractivity contribution in [3.8, 4) is 0 Å². The second kappa shape index (κ2) is 2.94. The van der Waals surface area contributed by atoms with E-state index in [1.807, 2.05) is 0 Å². The van der Waals surface area contributed by atoms with Crippen molar-refractivity contribution < 1.29 is 14.3 Å². The van der Waals surface area contributed by atoms with Crippen molar-refractivity contribution in [3.63, 3.8) is 0 Å². The molecule has 76 valence electrons. The number of hydrogen-bond acceptors (Lipinski definition) is 3. The highest BCUT2D eigenvalue weighted by atomic mass is 16.6. The maximum Gasteiger partial charge on any atom is 0.333 e. The van der Waals surface area contributed by atoms with Crippen LogP contribution in [0.25, 0.3) is 0 Å². The second-order valence-corrected chi connectivity index (χ2v) is 4.44. The minimum atomic E-state index is -0.474. The number of Topliss-reactive ketones (excluding diaryl/α,β-unsaturated/α-hetero) is 1. The predicted molar refractivity (Wildman–Crippen MR) is 50.6 cm³/mol. The molecule has 0 aromatic rings. The van der Waals surface area contributed by atoms with E-state index in [9.17, 15) is 9.59 Å². The maximum absolute atomic E-state index is 11.4. The fourth-order valence-corrected chi connectivity index (χ4v) is 2.40. The monoisotopic (exact) mass is 194 g/mol. The molecule has 0 heterocycles. The third-order valence-electron chi connectivity index (χ3n) is 3.18. The van der Waals surface area contributed by atoms with E-state index >= 15 is 0 Å². The van der Waals surface area contributed by atoms with Gasteiger partial charge in [0.25, 0.3) is 0 Å². The molecule has 0 spiro atoms. The summed E-state index contributed by atoms with van der Waals surface area (Å²) < 4.78 is 5.36. The van der Waals surface area contributed by atoms with Crippen molar-refractivity contribution in [2.75, 3.05) is 0 Å². The summed E-state index contributed by atoms with van der Waals surface area (Å²) in [5.74, 6) is 0.0408. The van der Waals surface area contributed by atoms with Crippen LogP contribution in [0.4, 0.5) is 0 Å². The Morgan fingerprint density at radius 2 is 2.36 bits per heavy atom. The highest BCUT2D eigenvalue weighted by molar-refractivity contribution is 5.90. The zero-order valence-corrected chi connectivity index (χ0v) is 8.34. The molecule has 14 heavy (non-hydrogen) atoms. The van der Waals surface area contributed by atoms with Crippen molar-refractivity contribution >= 4 is 11.8 Å². The standard InChI is InChI=1S/C11H14O3/c1-7(2)10(13)14-11-4-3-8(5-11)9(12)6-11/h8H,1,3-6H2,2H3. The molecule has 2 unspecified atom stereocenters. The third-order valence-corrected chi connectivity index (χ3v) is 3.18. The van der Waals surface area contributed by atoms with Gasteiger partial charge < -0.3 is 4.74 Å². The smallest absolute Gasteiger partial charge is 0.333 e. The van der Waals surface area contributed by atoms with Crippen LogP contribution < -0.4 is 0 Å². The molecule has 2 aliphatic rings. The highest BCUT2D eigenvalue weighted by Crippen LogP contribution is 2.48. The van der Waals surface area contributed by atoms with Crippen molar-refractivity contribution in [1.29, 1.82) is 0 Å². The van der Waals surface area contributed by atoms with Crippen LogP contribution >= 0.6 is 0 Å². The fraction of sp³-hybridized carbons (Fsp3) is 0.636. The van der Waals surface area contributed by atoms with Crippen molar-refractivity contribution in [2.45, 2.75) is 38.2 Å². The number of carbonyl (C=O) groups excluding carboxylic acids is 2. The normalized spacial score (nSPS) is 34.6. The lowest BCUT2D eigenvalue weighted by molar-refractivity contribution is -0.154. The van der Waals surface area contributed by atoms with Gasteiger partial charge in [-0.15, -0.1) is 0 Å². The molecular weight excluding hydrogens is 180 g/mol. The van der Waals surface area contributed by atoms with Gasteiger partial charge in [-0.25, -0.2) is 4.79 Å². The number of esters is 1. The predicted octanol–water partition coefficient (Wildman–Crippen LogP) is 1.62. The first kappa shape index (κ1) is 9.44. The van der Waals surface area contributed by atoms with E-state index in [0.717, 1.165) is 19.3 Å². The van der Waals surface area contributed by atoms with Gasteiger partial charge in [0, 0.05) is 17.9 Å². The Morgan fingerprint density at radius 1 is 1.64 bits per heavy atom. The lowest BCUT2D eigenvalue weighted by Crippen LogP contribution is -2.32. The van der Waals surface area contributed by atoms with Gasteiger partial charge in [0.2, 0.25) is 0 Å². The molecule has 0 amide bonds. The largest absolute Gasteiger partial charge is 0.455 e. The maximum atomic E-state index is 11.4. The fourth-order valence-electron chi connectivity index (χ4n) is 2.40. The van der Waals surface area contributed by atoms with Crippen LogP contribution in [0.3, 0.4) is 0 Å². The van der Waals surface area contributed by atoms with Gasteiger partial charge >= 0.3 is 5.97 Å². The molecule has 2 fully saturated rings. The first-order valence-corrected chi connectivity index (χ1v) is 4.94. The number of fused-ring (bicyclic) bond motifs is 2. The van der Waals surface area contributed by atoms with Gasteiger partial charge in [-0.05, 0) is 26.2 Å². The Labute approximate surface area is 83.1 Å². The van der Waals surface area contributed by atoms with Crippen molar-refractivity contribution in [3.05, 3.63) is 12.2 Å². The van der Waals surface area contributed by atoms with Crippen LogP contribution in [-0.4, -0.2) is 17.4 Å². The molecule has 2 atom stereocenters. The Bertz CT molecular complexity index is 318. The molecule has 2 bridgehead atoms. The summed E-state index contributed by atoms with van der Waals surface area (Å²) >= 11 is 0. The van der Waals surface area contributed by atoms with Gasteiger partial charge in [0.05, 0.1) is 0 Å². The van der Waals surface area contributed by atoms with Crippen molar-refractivity contribution in [2.24, 2.45) is 5.92 Å². The number of carbonyl (C=O) groups is 2. The van der Waals surface area contributed by atoms with E-state index in [-0.39, 0.29) is 17.7 Å². The topological polar surface area (TPSA) is 43.4 Å². The molecule has 3 nitrogen and oxygen atoms in total. The molecular formula is C11H14O3. The van der Waals surface area contributed by atoms with E-state index in [2.05, 4.69) is 6.58 Å². The van der Waals surface area contributed by atoms with Crippen LogP contribution in [0, 0.1) is 5.92 Å². The van der Waals surface area contributed by atoms with Crippen LogP contribution in [0.5, 0.6) is 0 Å². The summed E-state index contributed by atoms with van der Waals surface area (Å²) in [6.45, 7) is 5.16. The molecule has 0 saturated heterocycles. The molecule has 2 aliphatic carbocycles. The van der Waals surface area contributed by atoms with E-state index in [0.29, 0.717) is 12.0 Å². The van der Waals surface area contributed by atoms with Gasteiger partial charge in [0.15, 0.2) is 0 Å². The Kier molecular flexibility index (Phi) is 1.98. The molecule has 0 radical (unpaired) electrons. The molecule has 2 saturated carbocycles. The first-order valence-electron chi connectivity index (χ1n) is 4.94. The number of hydrogen-bond donors (Lipinski definition) is 0. The summed E-state index contributed by atoms with van der Waals surface area (Å²) in [5, 5.41) is 0. The Balaban J connectivity index is 2.08. The van der Waals surface area contributed by atoms with E-state index in [1.54, 1.807) is 6.92 Å². The summed E-state index contributed by atoms with van der Waals surface area (Å²) in [7, 11) is 0. The van der Waals surface area contributed by atoms with E-state index in [4.69, 9.17) is 4.74 Å². The summed E-state index contributed by atoms with van der Waals surface area (Å²) in [4.78, 5) is 22.7. The van der Waals surface area contributed by atoms with Gasteiger partial charge in [-0.1, -0.05) is 6.58 Å².